The van der Waals surface area contributed by atoms with Crippen molar-refractivity contribution in [2.45, 2.75) is 5.92 Å². The summed E-state index contributed by atoms with van der Waals surface area (Å²) in [6, 6.07) is 27.8. The van der Waals surface area contributed by atoms with Crippen molar-refractivity contribution in [1.82, 2.24) is 0 Å². The normalized spacial score (nSPS) is 13.3. The van der Waals surface area contributed by atoms with Gasteiger partial charge in [0.1, 0.15) is 5.70 Å². The van der Waals surface area contributed by atoms with Crippen LogP contribution >= 0.6 is 0 Å². The number of allylic oxidation sites excluding steroid dienone is 3. The number of amides is 1. The van der Waals surface area contributed by atoms with Crippen molar-refractivity contribution in [3.8, 4) is 0 Å². The number of carbonyl (C=O) groups is 3. The topological polar surface area (TPSA) is 54.5 Å². The molecular formula is C26H19NO3. The molecule has 0 saturated carbocycles. The highest BCUT2D eigenvalue weighted by Gasteiger charge is 2.33. The first-order chi connectivity index (χ1) is 14.6. The van der Waals surface area contributed by atoms with Crippen LogP contribution < -0.4 is 4.90 Å². The molecule has 0 aromatic heterocycles. The molecule has 0 saturated heterocycles. The van der Waals surface area contributed by atoms with Crippen molar-refractivity contribution < 1.29 is 14.4 Å². The molecule has 0 spiro atoms. The van der Waals surface area contributed by atoms with E-state index in [4.69, 9.17) is 0 Å². The minimum Gasteiger partial charge on any atom is -0.290 e. The third-order valence-electron chi connectivity index (χ3n) is 4.92. The summed E-state index contributed by atoms with van der Waals surface area (Å²) in [4.78, 5) is 40.0. The highest BCUT2D eigenvalue weighted by Crippen LogP contribution is 2.32. The molecule has 0 atom stereocenters. The highest BCUT2D eigenvalue weighted by atomic mass is 16.2. The van der Waals surface area contributed by atoms with Gasteiger partial charge in [0.25, 0.3) is 0 Å². The van der Waals surface area contributed by atoms with E-state index >= 15 is 0 Å². The molecule has 3 aromatic carbocycles. The summed E-state index contributed by atoms with van der Waals surface area (Å²) < 4.78 is 0. The number of benzene rings is 3. The number of ketones is 2. The van der Waals surface area contributed by atoms with E-state index in [1.165, 1.54) is 23.1 Å². The van der Waals surface area contributed by atoms with Crippen molar-refractivity contribution in [3.05, 3.63) is 126 Å². The van der Waals surface area contributed by atoms with Gasteiger partial charge in [-0.1, -0.05) is 78.9 Å². The summed E-state index contributed by atoms with van der Waals surface area (Å²) in [6.07, 6.45) is 3.65. The second kappa shape index (κ2) is 8.53. The second-order valence-corrected chi connectivity index (χ2v) is 6.89. The summed E-state index contributed by atoms with van der Waals surface area (Å²) in [5.41, 5.74) is 2.19. The first-order valence-electron chi connectivity index (χ1n) is 9.62. The molecule has 4 heteroatoms. The summed E-state index contributed by atoms with van der Waals surface area (Å²) in [5.74, 6) is -1.65. The SMILES string of the molecule is O=C1C=CC(=O)C(N(C(=O)C(c2ccccc2)c2ccccc2)c2ccccc2)=C1. The molecule has 1 aliphatic rings. The number of rotatable bonds is 5. The fraction of sp³-hybridized carbons (Fsp3) is 0.0385. The van der Waals surface area contributed by atoms with Crippen LogP contribution in [0.3, 0.4) is 0 Å². The number of anilines is 1. The van der Waals surface area contributed by atoms with E-state index in [1.807, 2.05) is 66.7 Å². The van der Waals surface area contributed by atoms with Crippen LogP contribution in [0.2, 0.25) is 0 Å². The molecule has 1 amide bonds. The Bertz CT molecular complexity index is 1090. The van der Waals surface area contributed by atoms with Gasteiger partial charge < -0.3 is 0 Å². The lowest BCUT2D eigenvalue weighted by molar-refractivity contribution is -0.120. The van der Waals surface area contributed by atoms with Crippen LogP contribution in [0.4, 0.5) is 5.69 Å². The van der Waals surface area contributed by atoms with Crippen molar-refractivity contribution in [1.29, 1.82) is 0 Å². The van der Waals surface area contributed by atoms with Crippen molar-refractivity contribution >= 4 is 23.2 Å². The number of nitrogens with zero attached hydrogens (tertiary/aromatic N) is 1. The molecule has 30 heavy (non-hydrogen) atoms. The highest BCUT2D eigenvalue weighted by molar-refractivity contribution is 6.22. The van der Waals surface area contributed by atoms with Crippen LogP contribution in [-0.2, 0) is 14.4 Å². The van der Waals surface area contributed by atoms with E-state index in [9.17, 15) is 14.4 Å². The number of para-hydroxylation sites is 1. The summed E-state index contributed by atoms with van der Waals surface area (Å²) in [6.45, 7) is 0. The van der Waals surface area contributed by atoms with E-state index in [1.54, 1.807) is 24.3 Å². The van der Waals surface area contributed by atoms with Crippen LogP contribution in [0.15, 0.2) is 115 Å². The van der Waals surface area contributed by atoms with Gasteiger partial charge in [-0.2, -0.15) is 0 Å². The molecule has 146 valence electrons. The van der Waals surface area contributed by atoms with Crippen LogP contribution in [0.1, 0.15) is 17.0 Å². The van der Waals surface area contributed by atoms with Crippen LogP contribution in [0, 0.1) is 0 Å². The van der Waals surface area contributed by atoms with Crippen molar-refractivity contribution in [2.24, 2.45) is 0 Å². The van der Waals surface area contributed by atoms with Gasteiger partial charge in [0.2, 0.25) is 11.7 Å². The average Bonchev–Trinajstić information content (AvgIpc) is 2.79. The maximum absolute atomic E-state index is 14.0. The van der Waals surface area contributed by atoms with E-state index in [-0.39, 0.29) is 23.2 Å². The van der Waals surface area contributed by atoms with Gasteiger partial charge in [-0.25, -0.2) is 0 Å². The Hall–Kier alpha value is -4.05. The lowest BCUT2D eigenvalue weighted by Crippen LogP contribution is -2.38. The number of carbonyl (C=O) groups excluding carboxylic acids is 3. The Kier molecular flexibility index (Phi) is 5.48. The van der Waals surface area contributed by atoms with Gasteiger partial charge in [-0.05, 0) is 35.4 Å². The van der Waals surface area contributed by atoms with E-state index in [2.05, 4.69) is 0 Å². The molecule has 4 nitrogen and oxygen atoms in total. The smallest absolute Gasteiger partial charge is 0.243 e. The monoisotopic (exact) mass is 393 g/mol. The third kappa shape index (κ3) is 3.89. The fourth-order valence-corrected chi connectivity index (χ4v) is 3.53. The molecule has 0 fully saturated rings. The lowest BCUT2D eigenvalue weighted by Gasteiger charge is -2.29. The maximum atomic E-state index is 14.0. The van der Waals surface area contributed by atoms with Gasteiger partial charge in [0.05, 0.1) is 5.92 Å². The number of hydrogen-bond acceptors (Lipinski definition) is 3. The zero-order valence-corrected chi connectivity index (χ0v) is 16.1. The van der Waals surface area contributed by atoms with Gasteiger partial charge >= 0.3 is 0 Å². The Balaban J connectivity index is 1.87. The Morgan fingerprint density at radius 2 is 1.17 bits per heavy atom. The van der Waals surface area contributed by atoms with Gasteiger partial charge in [-0.3, -0.25) is 19.3 Å². The first-order valence-corrected chi connectivity index (χ1v) is 9.62. The molecule has 3 aromatic rings. The Morgan fingerprint density at radius 1 is 0.667 bits per heavy atom. The average molecular weight is 393 g/mol. The molecule has 0 heterocycles. The van der Waals surface area contributed by atoms with Crippen molar-refractivity contribution in [3.63, 3.8) is 0 Å². The third-order valence-corrected chi connectivity index (χ3v) is 4.92. The van der Waals surface area contributed by atoms with E-state index in [0.717, 1.165) is 11.1 Å². The van der Waals surface area contributed by atoms with Crippen LogP contribution in [0.25, 0.3) is 0 Å². The summed E-state index contributed by atoms with van der Waals surface area (Å²) in [5, 5.41) is 0. The molecule has 1 aliphatic carbocycles. The summed E-state index contributed by atoms with van der Waals surface area (Å²) in [7, 11) is 0. The zero-order chi connectivity index (χ0) is 20.9. The lowest BCUT2D eigenvalue weighted by atomic mass is 9.89. The van der Waals surface area contributed by atoms with Crippen LogP contribution in [0.5, 0.6) is 0 Å². The maximum Gasteiger partial charge on any atom is 0.243 e. The zero-order valence-electron chi connectivity index (χ0n) is 16.1. The predicted molar refractivity (Wildman–Crippen MR) is 116 cm³/mol. The molecule has 0 unspecified atom stereocenters. The molecule has 0 radical (unpaired) electrons. The molecule has 4 rings (SSSR count). The minimum absolute atomic E-state index is 0.0514. The molecule has 0 N–H and O–H groups in total. The van der Waals surface area contributed by atoms with Gasteiger partial charge in [-0.15, -0.1) is 0 Å². The van der Waals surface area contributed by atoms with Crippen molar-refractivity contribution in [2.75, 3.05) is 4.90 Å². The fourth-order valence-electron chi connectivity index (χ4n) is 3.53. The quantitative estimate of drug-likeness (QED) is 0.602. The Labute approximate surface area is 174 Å². The number of hydrogen-bond donors (Lipinski definition) is 0. The van der Waals surface area contributed by atoms with Crippen LogP contribution in [-0.4, -0.2) is 17.5 Å². The van der Waals surface area contributed by atoms with E-state index < -0.39 is 5.92 Å². The van der Waals surface area contributed by atoms with Gasteiger partial charge in [0, 0.05) is 11.8 Å². The standard InChI is InChI=1S/C26H19NO3/c28-22-16-17-24(29)23(18-22)27(21-14-8-3-9-15-21)26(30)25(19-10-4-1-5-11-19)20-12-6-2-7-13-20/h1-18,25H. The first kappa shape index (κ1) is 19.3. The second-order valence-electron chi connectivity index (χ2n) is 6.89. The Morgan fingerprint density at radius 3 is 1.70 bits per heavy atom. The molecule has 0 bridgehead atoms. The largest absolute Gasteiger partial charge is 0.290 e. The van der Waals surface area contributed by atoms with Gasteiger partial charge in [0.15, 0.2) is 5.78 Å². The molecule has 0 aliphatic heterocycles. The minimum atomic E-state index is -0.637. The van der Waals surface area contributed by atoms with E-state index in [0.29, 0.717) is 5.69 Å². The molecular weight excluding hydrogens is 374 g/mol. The summed E-state index contributed by atoms with van der Waals surface area (Å²) >= 11 is 0. The predicted octanol–water partition coefficient (Wildman–Crippen LogP) is 4.44.